The van der Waals surface area contributed by atoms with Gasteiger partial charge in [0.15, 0.2) is 5.84 Å². The van der Waals surface area contributed by atoms with E-state index in [0.29, 0.717) is 79.2 Å². The van der Waals surface area contributed by atoms with E-state index >= 15 is 8.63 Å². The third-order valence-electron chi connectivity index (χ3n) is 12.9. The number of aldehydes is 1. The van der Waals surface area contributed by atoms with Crippen LogP contribution in [0.25, 0.3) is 33.5 Å². The lowest BCUT2D eigenvalue weighted by molar-refractivity contribution is 0.0725. The van der Waals surface area contributed by atoms with Crippen molar-refractivity contribution in [1.29, 1.82) is 0 Å². The third-order valence-corrected chi connectivity index (χ3v) is 12.9. The van der Waals surface area contributed by atoms with Crippen LogP contribution in [-0.2, 0) is 0 Å². The fraction of sp³-hybridized carbons (Fsp3) is 0.0667. The van der Waals surface area contributed by atoms with Crippen molar-refractivity contribution < 1.29 is 41.1 Å². The highest BCUT2D eigenvalue weighted by atomic mass is 19.2. The van der Waals surface area contributed by atoms with Gasteiger partial charge in [0.25, 0.3) is 0 Å². The Labute approximate surface area is 435 Å². The average molecular weight is 1010 g/mol. The van der Waals surface area contributed by atoms with Crippen molar-refractivity contribution >= 4 is 67.3 Å². The number of rotatable bonds is 14. The van der Waals surface area contributed by atoms with E-state index in [4.69, 9.17) is 24.5 Å². The van der Waals surface area contributed by atoms with Gasteiger partial charge in [0.05, 0.1) is 22.5 Å². The SMILES string of the molecule is CC1=CC(C)=N/C1=C(/c1ccc(C(=O)Oc2ccc(-c3cc(-c4ccccc4)c(/N=C4\N=C(c5ccc(OC(=O)c6ccc(C=O)cc6)cc5)C=C4c4ccccc4)n3B(F)F)cc2)cc1)c1c(C)cc(C)n1B(F)F. The maximum absolute atomic E-state index is 15.7. The predicted molar refractivity (Wildman–Crippen MR) is 292 cm³/mol. The number of amidine groups is 1. The van der Waals surface area contributed by atoms with E-state index in [-0.39, 0.29) is 40.0 Å². The molecule has 0 unspecified atom stereocenters. The predicted octanol–water partition coefficient (Wildman–Crippen LogP) is 13.8. The highest BCUT2D eigenvalue weighted by molar-refractivity contribution is 6.43. The molecule has 76 heavy (non-hydrogen) atoms. The smallest absolute Gasteiger partial charge is 0.423 e. The topological polar surface area (TPSA) is 117 Å². The Hall–Kier alpha value is -9.43. The second-order valence-corrected chi connectivity index (χ2v) is 18.1. The molecule has 372 valence electrons. The summed E-state index contributed by atoms with van der Waals surface area (Å²) in [6, 6.07) is 47.2. The summed E-state index contributed by atoms with van der Waals surface area (Å²) in [7, 11) is -5.86. The lowest BCUT2D eigenvalue weighted by atomic mass is 9.94. The molecule has 0 amide bonds. The maximum atomic E-state index is 15.7. The average Bonchev–Trinajstić information content (AvgIpc) is 4.21. The molecule has 0 fully saturated rings. The van der Waals surface area contributed by atoms with Crippen LogP contribution in [0.3, 0.4) is 0 Å². The quantitative estimate of drug-likeness (QED) is 0.0354. The zero-order chi connectivity index (χ0) is 53.2. The molecule has 4 heterocycles. The molecule has 2 aromatic heterocycles. The number of aliphatic imine (C=N–C) groups is 3. The monoisotopic (exact) mass is 1010 g/mol. The first-order valence-electron chi connectivity index (χ1n) is 24.0. The second kappa shape index (κ2) is 21.2. The van der Waals surface area contributed by atoms with Crippen LogP contribution in [0.2, 0.25) is 0 Å². The molecule has 16 heteroatoms. The third kappa shape index (κ3) is 10.1. The Kier molecular flexibility index (Phi) is 14.0. The lowest BCUT2D eigenvalue weighted by Gasteiger charge is -2.17. The Bertz CT molecular complexity index is 3770. The van der Waals surface area contributed by atoms with Crippen molar-refractivity contribution in [2.24, 2.45) is 15.0 Å². The van der Waals surface area contributed by atoms with Gasteiger partial charge in [0, 0.05) is 50.6 Å². The first-order chi connectivity index (χ1) is 36.7. The summed E-state index contributed by atoms with van der Waals surface area (Å²) in [4.78, 5) is 52.1. The molecule has 2 aliphatic rings. The van der Waals surface area contributed by atoms with Crippen LogP contribution in [0.15, 0.2) is 208 Å². The molecule has 6 aromatic carbocycles. The number of allylic oxidation sites excluding steroid dienone is 3. The molecule has 0 saturated carbocycles. The molecule has 0 atom stereocenters. The Balaban J connectivity index is 0.951. The molecule has 0 spiro atoms. The molecule has 0 radical (unpaired) electrons. The highest BCUT2D eigenvalue weighted by Crippen LogP contribution is 2.42. The highest BCUT2D eigenvalue weighted by Gasteiger charge is 2.32. The van der Waals surface area contributed by atoms with E-state index in [1.807, 2.05) is 74.5 Å². The van der Waals surface area contributed by atoms with E-state index in [0.717, 1.165) is 25.8 Å². The molecule has 10 nitrogen and oxygen atoms in total. The normalized spacial score (nSPS) is 14.2. The number of ether oxygens (including phenoxy) is 2. The summed E-state index contributed by atoms with van der Waals surface area (Å²) in [6.07, 6.45) is 4.40. The molecule has 8 aromatic rings. The van der Waals surface area contributed by atoms with E-state index in [9.17, 15) is 23.0 Å². The summed E-state index contributed by atoms with van der Waals surface area (Å²) in [5.74, 6) is -0.735. The zero-order valence-electron chi connectivity index (χ0n) is 41.3. The summed E-state index contributed by atoms with van der Waals surface area (Å²) in [5, 5.41) is 0. The van der Waals surface area contributed by atoms with Crippen LogP contribution in [0.5, 0.6) is 11.5 Å². The minimum Gasteiger partial charge on any atom is -0.423 e. The number of nitrogens with zero attached hydrogens (tertiary/aromatic N) is 5. The minimum absolute atomic E-state index is 0.0482. The summed E-state index contributed by atoms with van der Waals surface area (Å²) >= 11 is 0. The molecule has 0 aliphatic carbocycles. The largest absolute Gasteiger partial charge is 0.679 e. The van der Waals surface area contributed by atoms with Gasteiger partial charge in [-0.2, -0.15) is 0 Å². The number of carbonyl (C=O) groups is 3. The van der Waals surface area contributed by atoms with Crippen LogP contribution in [-0.4, -0.2) is 59.2 Å². The van der Waals surface area contributed by atoms with Gasteiger partial charge in [-0.1, -0.05) is 84.9 Å². The number of benzene rings is 6. The second-order valence-electron chi connectivity index (χ2n) is 18.1. The van der Waals surface area contributed by atoms with Gasteiger partial charge < -0.3 is 18.4 Å². The molecule has 0 N–H and O–H groups in total. The number of hydrogen-bond acceptors (Lipinski definition) is 7. The van der Waals surface area contributed by atoms with Gasteiger partial charge >= 0.3 is 26.7 Å². The Morgan fingerprint density at radius 2 is 1.12 bits per heavy atom. The Morgan fingerprint density at radius 3 is 1.66 bits per heavy atom. The number of esters is 2. The first kappa shape index (κ1) is 50.1. The van der Waals surface area contributed by atoms with Crippen LogP contribution in [0, 0.1) is 13.8 Å². The van der Waals surface area contributed by atoms with Crippen molar-refractivity contribution in [1.82, 2.24) is 8.96 Å². The fourth-order valence-corrected chi connectivity index (χ4v) is 9.34. The summed E-state index contributed by atoms with van der Waals surface area (Å²) < 4.78 is 73.7. The van der Waals surface area contributed by atoms with Crippen LogP contribution < -0.4 is 9.47 Å². The number of hydrogen-bond donors (Lipinski definition) is 0. The van der Waals surface area contributed by atoms with Gasteiger partial charge in [-0.15, -0.1) is 0 Å². The summed E-state index contributed by atoms with van der Waals surface area (Å²) in [5.41, 5.74) is 9.50. The summed E-state index contributed by atoms with van der Waals surface area (Å²) in [6.45, 7) is 7.12. The molecule has 10 rings (SSSR count). The van der Waals surface area contributed by atoms with Crippen molar-refractivity contribution in [2.75, 3.05) is 0 Å². The number of carbonyl (C=O) groups excluding carboxylic acids is 3. The number of aryl methyl sites for hydroxylation is 2. The standard InChI is InChI=1S/C60H43B2F4N5O5/c1-36-31-38(3)67-55(36)54(56-37(2)32-39(4)70(56)61(63)64)45-19-21-47(22-20-45)60(74)76-49-29-25-44(26-30-49)53-34-51(42-13-9-6-10-14-42)58(71(53)62(65)66)69-57-50(41-11-7-5-8-12-41)33-52(68-57)43-23-27-48(28-24-43)75-59(73)46-17-15-40(35-72)16-18-46/h5-35H,1-4H3/b55-54-,69-57-. The van der Waals surface area contributed by atoms with Crippen LogP contribution in [0.1, 0.15) is 78.6 Å². The van der Waals surface area contributed by atoms with Crippen molar-refractivity contribution in [3.8, 4) is 33.9 Å². The van der Waals surface area contributed by atoms with Crippen molar-refractivity contribution in [3.05, 3.63) is 244 Å². The van der Waals surface area contributed by atoms with Crippen LogP contribution >= 0.6 is 0 Å². The van der Waals surface area contributed by atoms with Gasteiger partial charge in [0.1, 0.15) is 23.6 Å². The van der Waals surface area contributed by atoms with Gasteiger partial charge in [-0.25, -0.2) is 19.6 Å². The maximum Gasteiger partial charge on any atom is 0.679 e. The van der Waals surface area contributed by atoms with Crippen molar-refractivity contribution in [3.63, 3.8) is 0 Å². The van der Waals surface area contributed by atoms with E-state index in [1.54, 1.807) is 98.8 Å². The van der Waals surface area contributed by atoms with E-state index < -0.39 is 26.7 Å². The molecular formula is C60H43B2F4N5O5. The van der Waals surface area contributed by atoms with Gasteiger partial charge in [-0.3, -0.25) is 27.0 Å². The minimum atomic E-state index is -3.06. The Morgan fingerprint density at radius 1 is 0.579 bits per heavy atom. The van der Waals surface area contributed by atoms with Crippen LogP contribution in [0.4, 0.5) is 23.1 Å². The zero-order valence-corrected chi connectivity index (χ0v) is 41.3. The van der Waals surface area contributed by atoms with E-state index in [2.05, 4.69) is 0 Å². The molecule has 0 bridgehead atoms. The van der Waals surface area contributed by atoms with Crippen molar-refractivity contribution in [2.45, 2.75) is 27.7 Å². The molecule has 0 saturated heterocycles. The number of aromatic nitrogens is 2. The first-order valence-corrected chi connectivity index (χ1v) is 24.0. The molecule has 2 aliphatic heterocycles. The van der Waals surface area contributed by atoms with Gasteiger partial charge in [-0.05, 0) is 158 Å². The number of halogens is 4. The lowest BCUT2D eigenvalue weighted by Crippen LogP contribution is -2.18. The van der Waals surface area contributed by atoms with E-state index in [1.165, 1.54) is 36.4 Å². The van der Waals surface area contributed by atoms with Gasteiger partial charge in [0.2, 0.25) is 0 Å². The molecular weight excluding hydrogens is 968 g/mol. The fourth-order valence-electron chi connectivity index (χ4n) is 9.34.